The molecule has 78 valence electrons. The van der Waals surface area contributed by atoms with Gasteiger partial charge in [0.25, 0.3) is 0 Å². The van der Waals surface area contributed by atoms with Crippen LogP contribution in [0.25, 0.3) is 0 Å². The van der Waals surface area contributed by atoms with Crippen LogP contribution in [0.1, 0.15) is 6.42 Å². The second kappa shape index (κ2) is 3.72. The molecule has 1 rings (SSSR count). The van der Waals surface area contributed by atoms with E-state index in [-0.39, 0.29) is 11.5 Å². The molecule has 1 fully saturated rings. The maximum absolute atomic E-state index is 10.9. The van der Waals surface area contributed by atoms with Gasteiger partial charge in [0.15, 0.2) is 9.84 Å². The molecule has 1 heterocycles. The van der Waals surface area contributed by atoms with E-state index in [4.69, 9.17) is 11.6 Å². The van der Waals surface area contributed by atoms with E-state index in [1.54, 1.807) is 0 Å². The fourth-order valence-electron chi connectivity index (χ4n) is 1.17. The smallest absolute Gasteiger partial charge is 0.225 e. The van der Waals surface area contributed by atoms with E-state index in [1.807, 2.05) is 0 Å². The first-order valence-corrected chi connectivity index (χ1v) is 7.62. The third-order valence-corrected chi connectivity index (χ3v) is 5.33. The zero-order valence-electron chi connectivity index (χ0n) is 6.73. The first-order chi connectivity index (χ1) is 5.85. The highest BCUT2D eigenvalue weighted by molar-refractivity contribution is 7.92. The number of hydrogen-bond donors (Lipinski definition) is 1. The third kappa shape index (κ3) is 3.41. The fraction of sp³-hybridized carbons (Fsp3) is 1.00. The molecule has 0 aromatic rings. The summed E-state index contributed by atoms with van der Waals surface area (Å²) in [5.41, 5.74) is 0. The molecule has 1 unspecified atom stereocenters. The van der Waals surface area contributed by atoms with E-state index in [9.17, 15) is 16.8 Å². The minimum Gasteiger partial charge on any atom is -0.229 e. The Hall–Kier alpha value is 0.150. The first-order valence-electron chi connectivity index (χ1n) is 3.61. The van der Waals surface area contributed by atoms with Crippen molar-refractivity contribution in [1.82, 2.24) is 4.72 Å². The van der Waals surface area contributed by atoms with Gasteiger partial charge in [-0.1, -0.05) is 0 Å². The summed E-state index contributed by atoms with van der Waals surface area (Å²) in [6.07, 6.45) is 0.332. The van der Waals surface area contributed by atoms with E-state index in [1.165, 1.54) is 0 Å². The molecular weight excluding hydrogens is 238 g/mol. The summed E-state index contributed by atoms with van der Waals surface area (Å²) < 4.78 is 46.0. The van der Waals surface area contributed by atoms with Crippen molar-refractivity contribution in [2.24, 2.45) is 0 Å². The summed E-state index contributed by atoms with van der Waals surface area (Å²) in [6, 6.07) is -0.506. The van der Waals surface area contributed by atoms with Crippen LogP contribution in [0.2, 0.25) is 0 Å². The number of rotatable bonds is 3. The first kappa shape index (κ1) is 11.2. The molecule has 0 amide bonds. The van der Waals surface area contributed by atoms with Gasteiger partial charge in [0.2, 0.25) is 10.0 Å². The summed E-state index contributed by atoms with van der Waals surface area (Å²) in [6.45, 7) is 0. The van der Waals surface area contributed by atoms with Gasteiger partial charge in [-0.25, -0.2) is 21.6 Å². The number of halogens is 1. The highest BCUT2D eigenvalue weighted by Crippen LogP contribution is 2.12. The predicted octanol–water partition coefficient (Wildman–Crippen LogP) is -0.711. The molecule has 1 saturated heterocycles. The number of sulfone groups is 1. The van der Waals surface area contributed by atoms with Gasteiger partial charge >= 0.3 is 0 Å². The summed E-state index contributed by atoms with van der Waals surface area (Å²) in [4.78, 5) is 0. The van der Waals surface area contributed by atoms with Gasteiger partial charge < -0.3 is 0 Å². The lowest BCUT2D eigenvalue weighted by Crippen LogP contribution is -2.36. The van der Waals surface area contributed by atoms with Gasteiger partial charge in [0, 0.05) is 6.04 Å². The SMILES string of the molecule is O=S1(=O)CCC(NS(=O)(=O)CCl)C1. The molecule has 1 atom stereocenters. The van der Waals surface area contributed by atoms with Gasteiger partial charge in [-0.3, -0.25) is 0 Å². The van der Waals surface area contributed by atoms with Gasteiger partial charge in [0.1, 0.15) is 5.21 Å². The summed E-state index contributed by atoms with van der Waals surface area (Å²) in [7, 11) is -6.55. The molecule has 1 aliphatic rings. The zero-order valence-corrected chi connectivity index (χ0v) is 9.12. The zero-order chi connectivity index (χ0) is 10.1. The van der Waals surface area contributed by atoms with Crippen molar-refractivity contribution in [2.75, 3.05) is 16.7 Å². The van der Waals surface area contributed by atoms with Crippen molar-refractivity contribution in [2.45, 2.75) is 12.5 Å². The van der Waals surface area contributed by atoms with Crippen LogP contribution in [-0.4, -0.2) is 39.6 Å². The Morgan fingerprint density at radius 3 is 2.46 bits per heavy atom. The standard InChI is InChI=1S/C5H10ClNO4S2/c6-4-13(10,11)7-5-1-2-12(8,9)3-5/h5,7H,1-4H2. The fourth-order valence-corrected chi connectivity index (χ4v) is 3.91. The van der Waals surface area contributed by atoms with Crippen molar-refractivity contribution >= 4 is 31.5 Å². The van der Waals surface area contributed by atoms with Crippen LogP contribution in [0, 0.1) is 0 Å². The van der Waals surface area contributed by atoms with Crippen molar-refractivity contribution in [1.29, 1.82) is 0 Å². The average molecular weight is 248 g/mol. The van der Waals surface area contributed by atoms with Crippen molar-refractivity contribution in [3.8, 4) is 0 Å². The highest BCUT2D eigenvalue weighted by Gasteiger charge is 2.30. The minimum atomic E-state index is -3.50. The Bertz CT molecular complexity index is 373. The minimum absolute atomic E-state index is 0.0441. The second-order valence-corrected chi connectivity index (χ2v) is 7.51. The van der Waals surface area contributed by atoms with Gasteiger partial charge in [-0.15, -0.1) is 11.6 Å². The molecule has 0 bridgehead atoms. The van der Waals surface area contributed by atoms with E-state index < -0.39 is 31.1 Å². The second-order valence-electron chi connectivity index (χ2n) is 2.94. The Morgan fingerprint density at radius 2 is 2.08 bits per heavy atom. The molecule has 0 aromatic heterocycles. The molecule has 5 nitrogen and oxygen atoms in total. The lowest BCUT2D eigenvalue weighted by atomic mass is 10.3. The van der Waals surface area contributed by atoms with Crippen molar-refractivity contribution in [3.63, 3.8) is 0 Å². The molecule has 1 aliphatic heterocycles. The molecule has 0 radical (unpaired) electrons. The van der Waals surface area contributed by atoms with Crippen molar-refractivity contribution < 1.29 is 16.8 Å². The summed E-state index contributed by atoms with van der Waals surface area (Å²) in [5.74, 6) is -0.0778. The lowest BCUT2D eigenvalue weighted by molar-refractivity contribution is 0.567. The average Bonchev–Trinajstić information content (AvgIpc) is 2.29. The summed E-state index contributed by atoms with van der Waals surface area (Å²) >= 11 is 5.14. The molecule has 13 heavy (non-hydrogen) atoms. The number of nitrogens with one attached hydrogen (secondary N) is 1. The van der Waals surface area contributed by atoms with E-state index in [0.29, 0.717) is 6.42 Å². The molecule has 1 N–H and O–H groups in total. The lowest BCUT2D eigenvalue weighted by Gasteiger charge is -2.08. The Morgan fingerprint density at radius 1 is 1.46 bits per heavy atom. The summed E-state index contributed by atoms with van der Waals surface area (Å²) in [5, 5.41) is -0.538. The molecule has 8 heteroatoms. The van der Waals surface area contributed by atoms with E-state index in [0.717, 1.165) is 0 Å². The highest BCUT2D eigenvalue weighted by atomic mass is 35.5. The number of alkyl halides is 1. The maximum Gasteiger partial charge on any atom is 0.225 e. The van der Waals surface area contributed by atoms with Crippen LogP contribution in [0.15, 0.2) is 0 Å². The number of sulfonamides is 1. The van der Waals surface area contributed by atoms with Crippen LogP contribution in [0.5, 0.6) is 0 Å². The van der Waals surface area contributed by atoms with Crippen LogP contribution in [-0.2, 0) is 19.9 Å². The van der Waals surface area contributed by atoms with Gasteiger partial charge in [0.05, 0.1) is 11.5 Å². The van der Waals surface area contributed by atoms with Crippen LogP contribution >= 0.6 is 11.6 Å². The molecule has 0 aromatic carbocycles. The van der Waals surface area contributed by atoms with Crippen molar-refractivity contribution in [3.05, 3.63) is 0 Å². The third-order valence-electron chi connectivity index (χ3n) is 1.72. The topological polar surface area (TPSA) is 80.3 Å². The maximum atomic E-state index is 10.9. The normalized spacial score (nSPS) is 27.6. The molecule has 0 aliphatic carbocycles. The Balaban J connectivity index is 2.60. The Kier molecular flexibility index (Phi) is 3.21. The van der Waals surface area contributed by atoms with Gasteiger partial charge in [-0.2, -0.15) is 0 Å². The molecule has 0 spiro atoms. The Labute approximate surface area is 82.4 Å². The monoisotopic (exact) mass is 247 g/mol. The van der Waals surface area contributed by atoms with Crippen LogP contribution in [0.3, 0.4) is 0 Å². The van der Waals surface area contributed by atoms with E-state index in [2.05, 4.69) is 4.72 Å². The van der Waals surface area contributed by atoms with Crippen LogP contribution < -0.4 is 4.72 Å². The van der Waals surface area contributed by atoms with Gasteiger partial charge in [-0.05, 0) is 6.42 Å². The largest absolute Gasteiger partial charge is 0.229 e. The molecule has 0 saturated carbocycles. The predicted molar refractivity (Wildman–Crippen MR) is 49.8 cm³/mol. The van der Waals surface area contributed by atoms with Crippen LogP contribution in [0.4, 0.5) is 0 Å². The quantitative estimate of drug-likeness (QED) is 0.668. The molecular formula is C5H10ClNO4S2. The number of hydrogen-bond acceptors (Lipinski definition) is 4. The van der Waals surface area contributed by atoms with E-state index >= 15 is 0 Å².